The minimum absolute atomic E-state index is 0.00331. The highest BCUT2D eigenvalue weighted by Gasteiger charge is 2.46. The van der Waals surface area contributed by atoms with Gasteiger partial charge in [0.1, 0.15) is 23.2 Å². The van der Waals surface area contributed by atoms with Gasteiger partial charge in [0, 0.05) is 69.0 Å². The monoisotopic (exact) mass is 961 g/mol. The lowest BCUT2D eigenvalue weighted by Gasteiger charge is -2.49. The molecule has 6 aliphatic heterocycles. The van der Waals surface area contributed by atoms with Crippen LogP contribution < -0.4 is 20.9 Å². The number of fused-ring (bicyclic) bond motifs is 1. The average Bonchev–Trinajstić information content (AvgIpc) is 3.52. The minimum Gasteiger partial charge on any atom is -0.381 e. The molecule has 9 rings (SSSR count). The van der Waals surface area contributed by atoms with E-state index in [4.69, 9.17) is 0 Å². The van der Waals surface area contributed by atoms with Crippen LogP contribution in [-0.4, -0.2) is 156 Å². The number of sulfonamides is 1. The first kappa shape index (κ1) is 47.6. The van der Waals surface area contributed by atoms with E-state index in [1.807, 2.05) is 18.7 Å². The zero-order valence-corrected chi connectivity index (χ0v) is 39.3. The quantitative estimate of drug-likeness (QED) is 0.157. The van der Waals surface area contributed by atoms with Crippen molar-refractivity contribution >= 4 is 62.9 Å². The Morgan fingerprint density at radius 3 is 2.21 bits per heavy atom. The Kier molecular flexibility index (Phi) is 13.6. The second kappa shape index (κ2) is 19.5. The maximum atomic E-state index is 15.4. The highest BCUT2D eigenvalue weighted by molar-refractivity contribution is 7.89. The van der Waals surface area contributed by atoms with Gasteiger partial charge in [-0.1, -0.05) is 0 Å². The molecule has 0 spiro atoms. The second-order valence-corrected chi connectivity index (χ2v) is 21.3. The molecular weight excluding hydrogens is 904 g/mol. The Balaban J connectivity index is 0.707. The Bertz CT molecular complexity index is 2610. The van der Waals surface area contributed by atoms with E-state index in [-0.39, 0.29) is 70.7 Å². The molecule has 0 radical (unpaired) electrons. The van der Waals surface area contributed by atoms with E-state index in [2.05, 4.69) is 40.7 Å². The van der Waals surface area contributed by atoms with Gasteiger partial charge < -0.3 is 20.4 Å². The molecule has 1 unspecified atom stereocenters. The number of imide groups is 2. The number of benzene rings is 2. The number of hydrogen-bond acceptors (Lipinski definition) is 14. The van der Waals surface area contributed by atoms with Crippen LogP contribution in [0.2, 0.25) is 0 Å². The van der Waals surface area contributed by atoms with Crippen LogP contribution >= 0.6 is 0 Å². The molecule has 364 valence electrons. The Morgan fingerprint density at radius 1 is 0.853 bits per heavy atom. The number of carbonyl (C=O) groups excluding carboxylic acids is 4. The molecule has 0 bridgehead atoms. The van der Waals surface area contributed by atoms with E-state index in [1.165, 1.54) is 18.3 Å². The summed E-state index contributed by atoms with van der Waals surface area (Å²) in [6.07, 6.45) is 6.75. The standard InChI is InChI=1S/C47H58F3N11O6S/c1-4-51-43-36(49)19-29(20-38(43)53-27(2)3)42-37(50)23-52-47(56-42)54-30-9-17-60(18-10-30)68(66,67)32-11-13-57(14-12-32)24-28-7-15-58(16-8-28)31-25-59(26-31)40-22-34-33(21-35(40)48)45(64)61(46(34)65)39-5-6-41(62)55-44(39)63/h4,19-23,27-28,30-32,39,53H,5-18,24-26H2,1-3H3,(H,52,54,56)(H,55,62,63). The molecule has 4 amide bonds. The number of hydrogen-bond donors (Lipinski definition) is 3. The largest absolute Gasteiger partial charge is 0.381 e. The number of aromatic nitrogens is 2. The predicted octanol–water partition coefficient (Wildman–Crippen LogP) is 4.78. The molecule has 5 saturated heterocycles. The zero-order valence-electron chi connectivity index (χ0n) is 38.5. The van der Waals surface area contributed by atoms with E-state index in [1.54, 1.807) is 17.3 Å². The Morgan fingerprint density at radius 2 is 1.54 bits per heavy atom. The summed E-state index contributed by atoms with van der Waals surface area (Å²) >= 11 is 0. The van der Waals surface area contributed by atoms with Crippen molar-refractivity contribution in [2.75, 3.05) is 74.4 Å². The average molecular weight is 962 g/mol. The number of nitrogens with one attached hydrogen (secondary N) is 3. The Hall–Kier alpha value is -5.51. The predicted molar refractivity (Wildman–Crippen MR) is 250 cm³/mol. The Labute approximate surface area is 394 Å². The van der Waals surface area contributed by atoms with Crippen molar-refractivity contribution in [1.29, 1.82) is 0 Å². The molecule has 3 aromatic rings. The third-order valence-corrected chi connectivity index (χ3v) is 16.7. The molecule has 7 heterocycles. The lowest BCUT2D eigenvalue weighted by molar-refractivity contribution is -0.136. The van der Waals surface area contributed by atoms with E-state index >= 15 is 13.2 Å². The summed E-state index contributed by atoms with van der Waals surface area (Å²) < 4.78 is 75.0. The van der Waals surface area contributed by atoms with Gasteiger partial charge in [0.25, 0.3) is 11.8 Å². The summed E-state index contributed by atoms with van der Waals surface area (Å²) in [6.45, 7) is 11.5. The number of rotatable bonds is 13. The van der Waals surface area contributed by atoms with E-state index in [0.29, 0.717) is 76.6 Å². The van der Waals surface area contributed by atoms with Gasteiger partial charge in [0.05, 0.1) is 33.9 Å². The first-order valence-corrected chi connectivity index (χ1v) is 25.2. The lowest BCUT2D eigenvalue weighted by atomic mass is 9.92. The van der Waals surface area contributed by atoms with Crippen molar-refractivity contribution in [1.82, 2.24) is 34.3 Å². The lowest BCUT2D eigenvalue weighted by Crippen LogP contribution is -2.61. The number of aliphatic imine (C=N–C) groups is 1. The van der Waals surface area contributed by atoms with Gasteiger partial charge in [-0.3, -0.25) is 39.3 Å². The molecule has 1 aromatic heterocycles. The summed E-state index contributed by atoms with van der Waals surface area (Å²) in [5.41, 5.74) is 0.941. The number of piperidine rings is 4. The van der Waals surface area contributed by atoms with Gasteiger partial charge in [-0.2, -0.15) is 0 Å². The summed E-state index contributed by atoms with van der Waals surface area (Å²) in [4.78, 5) is 70.7. The molecule has 6 aliphatic rings. The fourth-order valence-electron chi connectivity index (χ4n) is 10.6. The van der Waals surface area contributed by atoms with Gasteiger partial charge in [0.2, 0.25) is 27.8 Å². The molecule has 0 aliphatic carbocycles. The van der Waals surface area contributed by atoms with Crippen LogP contribution in [0.3, 0.4) is 0 Å². The molecule has 68 heavy (non-hydrogen) atoms. The summed E-state index contributed by atoms with van der Waals surface area (Å²) in [6, 6.07) is 4.25. The van der Waals surface area contributed by atoms with Crippen molar-refractivity contribution in [3.05, 3.63) is 59.0 Å². The molecule has 21 heteroatoms. The van der Waals surface area contributed by atoms with Crippen LogP contribution in [0.5, 0.6) is 0 Å². The maximum Gasteiger partial charge on any atom is 0.262 e. The fraction of sp³-hybridized carbons (Fsp3) is 0.553. The molecule has 1 atom stereocenters. The minimum atomic E-state index is -3.52. The van der Waals surface area contributed by atoms with Crippen molar-refractivity contribution in [3.8, 4) is 11.3 Å². The highest BCUT2D eigenvalue weighted by atomic mass is 32.2. The number of halogens is 3. The number of nitrogens with zero attached hydrogens (tertiary/aromatic N) is 8. The summed E-state index contributed by atoms with van der Waals surface area (Å²) in [5.74, 6) is -3.84. The van der Waals surface area contributed by atoms with Gasteiger partial charge in [-0.15, -0.1) is 0 Å². The van der Waals surface area contributed by atoms with Crippen molar-refractivity contribution in [3.63, 3.8) is 0 Å². The first-order chi connectivity index (χ1) is 32.6. The zero-order chi connectivity index (χ0) is 48.0. The van der Waals surface area contributed by atoms with Crippen LogP contribution in [-0.2, 0) is 19.6 Å². The van der Waals surface area contributed by atoms with E-state index in [0.717, 1.165) is 49.6 Å². The van der Waals surface area contributed by atoms with Crippen molar-refractivity contribution in [2.24, 2.45) is 10.9 Å². The summed E-state index contributed by atoms with van der Waals surface area (Å²) in [7, 11) is -3.52. The molecule has 3 N–H and O–H groups in total. The van der Waals surface area contributed by atoms with Crippen LogP contribution in [0.25, 0.3) is 11.3 Å². The van der Waals surface area contributed by atoms with Crippen LogP contribution in [0.1, 0.15) is 92.9 Å². The summed E-state index contributed by atoms with van der Waals surface area (Å²) in [5, 5.41) is 8.15. The molecule has 5 fully saturated rings. The second-order valence-electron chi connectivity index (χ2n) is 19.1. The van der Waals surface area contributed by atoms with Crippen molar-refractivity contribution < 1.29 is 40.8 Å². The maximum absolute atomic E-state index is 15.4. The first-order valence-electron chi connectivity index (χ1n) is 23.7. The molecule has 2 aromatic carbocycles. The van der Waals surface area contributed by atoms with Gasteiger partial charge in [0.15, 0.2) is 11.6 Å². The molecule has 17 nitrogen and oxygen atoms in total. The van der Waals surface area contributed by atoms with Gasteiger partial charge in [-0.25, -0.2) is 35.9 Å². The van der Waals surface area contributed by atoms with E-state index in [9.17, 15) is 27.6 Å². The third kappa shape index (κ3) is 9.58. The number of carbonyl (C=O) groups is 4. The highest BCUT2D eigenvalue weighted by Crippen LogP contribution is 2.37. The van der Waals surface area contributed by atoms with Crippen LogP contribution in [0.4, 0.5) is 36.2 Å². The molecule has 0 saturated carbocycles. The van der Waals surface area contributed by atoms with Crippen LogP contribution in [0.15, 0.2) is 35.5 Å². The number of likely N-dealkylation sites (tertiary alicyclic amines) is 2. The normalized spacial score (nSPS) is 22.4. The SMILES string of the molecule is CC=Nc1c(F)cc(-c2nc(NC3CCN(S(=O)(=O)C4CCN(CC5CCN(C6CN(c7cc8c(cc7F)C(=O)N(C7CCC(=O)NC7=O)C8=O)C6)CC5)CC4)CC3)ncc2F)cc1NC(C)C. The molecular formula is C47H58F3N11O6S. The number of anilines is 3. The van der Waals surface area contributed by atoms with Crippen molar-refractivity contribution in [2.45, 2.75) is 102 Å². The third-order valence-electron chi connectivity index (χ3n) is 14.3. The number of amides is 4. The fourth-order valence-corrected chi connectivity index (χ4v) is 12.5. The van der Waals surface area contributed by atoms with Crippen LogP contribution in [0, 0.1) is 23.4 Å². The van der Waals surface area contributed by atoms with Gasteiger partial charge >= 0.3 is 0 Å². The van der Waals surface area contributed by atoms with Gasteiger partial charge in [-0.05, 0) is 122 Å². The van der Waals surface area contributed by atoms with E-state index < -0.39 is 62.4 Å². The topological polar surface area (TPSA) is 193 Å². The smallest absolute Gasteiger partial charge is 0.262 e.